The Hall–Kier alpha value is -0.580. The summed E-state index contributed by atoms with van der Waals surface area (Å²) in [4.78, 5) is 2.38. The van der Waals surface area contributed by atoms with Gasteiger partial charge in [0.2, 0.25) is 0 Å². The van der Waals surface area contributed by atoms with Crippen molar-refractivity contribution in [1.82, 2.24) is 10.2 Å². The van der Waals surface area contributed by atoms with Crippen molar-refractivity contribution in [2.45, 2.75) is 26.3 Å². The predicted molar refractivity (Wildman–Crippen MR) is 84.9 cm³/mol. The van der Waals surface area contributed by atoms with Crippen LogP contribution in [0.3, 0.4) is 0 Å². The number of nitrogens with one attached hydrogen (secondary N) is 1. The molecule has 1 rings (SSSR count). The molecule has 1 N–H and O–H groups in total. The number of halogens is 1. The Labute approximate surface area is 125 Å². The zero-order valence-electron chi connectivity index (χ0n) is 12.2. The van der Waals surface area contributed by atoms with Gasteiger partial charge in [0.25, 0.3) is 0 Å². The van der Waals surface area contributed by atoms with Crippen molar-refractivity contribution in [1.29, 1.82) is 0 Å². The van der Waals surface area contributed by atoms with E-state index >= 15 is 0 Å². The predicted octanol–water partition coefficient (Wildman–Crippen LogP) is 3.15. The molecule has 4 heteroatoms. The standard InChI is InChI=1S/C15H25BrN2O/c1-4-13(2)18(3)11-9-17-10-12-19-15-7-5-14(16)6-8-15/h5-8,13,17H,4,9-12H2,1-3H3. The highest BCUT2D eigenvalue weighted by atomic mass is 79.9. The van der Waals surface area contributed by atoms with Crippen LogP contribution in [0.2, 0.25) is 0 Å². The van der Waals surface area contributed by atoms with E-state index in [4.69, 9.17) is 4.74 Å². The topological polar surface area (TPSA) is 24.5 Å². The van der Waals surface area contributed by atoms with Crippen LogP contribution in [0.1, 0.15) is 20.3 Å². The third-order valence-corrected chi connectivity index (χ3v) is 3.87. The molecule has 0 aliphatic carbocycles. The maximum atomic E-state index is 5.64. The molecule has 0 amide bonds. The Morgan fingerprint density at radius 2 is 1.95 bits per heavy atom. The van der Waals surface area contributed by atoms with Crippen LogP contribution >= 0.6 is 15.9 Å². The molecule has 0 saturated carbocycles. The molecule has 1 unspecified atom stereocenters. The van der Waals surface area contributed by atoms with Gasteiger partial charge in [-0.15, -0.1) is 0 Å². The van der Waals surface area contributed by atoms with E-state index in [1.165, 1.54) is 6.42 Å². The molecule has 0 bridgehead atoms. The van der Waals surface area contributed by atoms with Gasteiger partial charge in [-0.25, -0.2) is 0 Å². The minimum absolute atomic E-state index is 0.654. The van der Waals surface area contributed by atoms with E-state index < -0.39 is 0 Å². The summed E-state index contributed by atoms with van der Waals surface area (Å²) in [7, 11) is 2.17. The summed E-state index contributed by atoms with van der Waals surface area (Å²) >= 11 is 3.41. The number of likely N-dealkylation sites (N-methyl/N-ethyl adjacent to an activating group) is 1. The van der Waals surface area contributed by atoms with Crippen LogP contribution in [0.5, 0.6) is 5.75 Å². The molecule has 1 aromatic rings. The Morgan fingerprint density at radius 1 is 1.26 bits per heavy atom. The lowest BCUT2D eigenvalue weighted by atomic mass is 10.2. The molecule has 1 aromatic carbocycles. The lowest BCUT2D eigenvalue weighted by Crippen LogP contribution is -2.36. The molecule has 108 valence electrons. The first-order valence-electron chi connectivity index (χ1n) is 6.92. The summed E-state index contributed by atoms with van der Waals surface area (Å²) in [5, 5.41) is 3.40. The van der Waals surface area contributed by atoms with Crippen LogP contribution in [0.4, 0.5) is 0 Å². The fraction of sp³-hybridized carbons (Fsp3) is 0.600. The smallest absolute Gasteiger partial charge is 0.119 e. The first-order chi connectivity index (χ1) is 9.13. The second-order valence-electron chi connectivity index (χ2n) is 4.79. The van der Waals surface area contributed by atoms with Crippen molar-refractivity contribution >= 4 is 15.9 Å². The van der Waals surface area contributed by atoms with Gasteiger partial charge in [-0.1, -0.05) is 22.9 Å². The Balaban J connectivity index is 2.04. The fourth-order valence-corrected chi connectivity index (χ4v) is 1.95. The van der Waals surface area contributed by atoms with E-state index in [1.807, 2.05) is 24.3 Å². The van der Waals surface area contributed by atoms with E-state index in [0.29, 0.717) is 12.6 Å². The third-order valence-electron chi connectivity index (χ3n) is 3.35. The van der Waals surface area contributed by atoms with Crippen molar-refractivity contribution in [3.05, 3.63) is 28.7 Å². The van der Waals surface area contributed by atoms with Crippen molar-refractivity contribution < 1.29 is 4.74 Å². The van der Waals surface area contributed by atoms with Gasteiger partial charge < -0.3 is 15.0 Å². The van der Waals surface area contributed by atoms with Crippen LogP contribution in [-0.2, 0) is 0 Å². The molecule has 0 aliphatic rings. The van der Waals surface area contributed by atoms with E-state index in [0.717, 1.165) is 29.9 Å². The summed E-state index contributed by atoms with van der Waals surface area (Å²) in [6.07, 6.45) is 1.20. The summed E-state index contributed by atoms with van der Waals surface area (Å²) in [6.45, 7) is 8.15. The van der Waals surface area contributed by atoms with Crippen LogP contribution in [0.25, 0.3) is 0 Å². The minimum atomic E-state index is 0.654. The third kappa shape index (κ3) is 6.95. The van der Waals surface area contributed by atoms with Crippen molar-refractivity contribution in [2.75, 3.05) is 33.3 Å². The number of nitrogens with zero attached hydrogens (tertiary/aromatic N) is 1. The molecule has 0 spiro atoms. The van der Waals surface area contributed by atoms with Crippen LogP contribution in [0.15, 0.2) is 28.7 Å². The molecule has 1 atom stereocenters. The Morgan fingerprint density at radius 3 is 2.58 bits per heavy atom. The van der Waals surface area contributed by atoms with E-state index in [-0.39, 0.29) is 0 Å². The first-order valence-corrected chi connectivity index (χ1v) is 7.72. The molecule has 0 radical (unpaired) electrons. The van der Waals surface area contributed by atoms with Gasteiger partial charge in [-0.05, 0) is 44.7 Å². The number of benzene rings is 1. The number of rotatable bonds is 9. The summed E-state index contributed by atoms with van der Waals surface area (Å²) in [5.74, 6) is 0.918. The molecule has 0 saturated heterocycles. The molecular formula is C15H25BrN2O. The van der Waals surface area contributed by atoms with Crippen LogP contribution in [-0.4, -0.2) is 44.2 Å². The van der Waals surface area contributed by atoms with Crippen molar-refractivity contribution in [3.63, 3.8) is 0 Å². The number of hydrogen-bond donors (Lipinski definition) is 1. The minimum Gasteiger partial charge on any atom is -0.492 e. The molecule has 0 aromatic heterocycles. The fourth-order valence-electron chi connectivity index (χ4n) is 1.68. The van der Waals surface area contributed by atoms with E-state index in [9.17, 15) is 0 Å². The maximum Gasteiger partial charge on any atom is 0.119 e. The number of hydrogen-bond acceptors (Lipinski definition) is 3. The molecule has 3 nitrogen and oxygen atoms in total. The normalized spacial score (nSPS) is 12.7. The van der Waals surface area contributed by atoms with Gasteiger partial charge >= 0.3 is 0 Å². The molecular weight excluding hydrogens is 304 g/mol. The lowest BCUT2D eigenvalue weighted by molar-refractivity contribution is 0.247. The van der Waals surface area contributed by atoms with Gasteiger partial charge in [0.05, 0.1) is 0 Å². The molecule has 0 aliphatic heterocycles. The average molecular weight is 329 g/mol. The zero-order valence-corrected chi connectivity index (χ0v) is 13.7. The van der Waals surface area contributed by atoms with Gasteiger partial charge in [0.15, 0.2) is 0 Å². The summed E-state index contributed by atoms with van der Waals surface area (Å²) in [5.41, 5.74) is 0. The van der Waals surface area contributed by atoms with Gasteiger partial charge in [0.1, 0.15) is 12.4 Å². The van der Waals surface area contributed by atoms with E-state index in [2.05, 4.69) is 47.0 Å². The van der Waals surface area contributed by atoms with Gasteiger partial charge in [0, 0.05) is 30.1 Å². The highest BCUT2D eigenvalue weighted by Gasteiger charge is 2.04. The highest BCUT2D eigenvalue weighted by molar-refractivity contribution is 9.10. The quantitative estimate of drug-likeness (QED) is 0.705. The van der Waals surface area contributed by atoms with Crippen molar-refractivity contribution in [2.24, 2.45) is 0 Å². The molecule has 0 fully saturated rings. The molecule has 0 heterocycles. The summed E-state index contributed by atoms with van der Waals surface area (Å²) in [6, 6.07) is 8.58. The van der Waals surface area contributed by atoms with Crippen molar-refractivity contribution in [3.8, 4) is 5.75 Å². The number of ether oxygens (including phenoxy) is 1. The lowest BCUT2D eigenvalue weighted by Gasteiger charge is -2.23. The van der Waals surface area contributed by atoms with Gasteiger partial charge in [-0.2, -0.15) is 0 Å². The van der Waals surface area contributed by atoms with E-state index in [1.54, 1.807) is 0 Å². The Bertz CT molecular complexity index is 343. The monoisotopic (exact) mass is 328 g/mol. The van der Waals surface area contributed by atoms with Crippen LogP contribution in [0, 0.1) is 0 Å². The Kier molecular flexibility index (Phi) is 8.10. The maximum absolute atomic E-state index is 5.64. The zero-order chi connectivity index (χ0) is 14.1. The highest BCUT2D eigenvalue weighted by Crippen LogP contribution is 2.15. The largest absolute Gasteiger partial charge is 0.492 e. The first kappa shape index (κ1) is 16.5. The average Bonchev–Trinajstić information content (AvgIpc) is 2.43. The van der Waals surface area contributed by atoms with Gasteiger partial charge in [-0.3, -0.25) is 0 Å². The van der Waals surface area contributed by atoms with Crippen LogP contribution < -0.4 is 10.1 Å². The SMILES string of the molecule is CCC(C)N(C)CCNCCOc1ccc(Br)cc1. The molecule has 19 heavy (non-hydrogen) atoms. The second kappa shape index (κ2) is 9.34. The summed E-state index contributed by atoms with van der Waals surface area (Å²) < 4.78 is 6.71. The second-order valence-corrected chi connectivity index (χ2v) is 5.71.